The van der Waals surface area contributed by atoms with Gasteiger partial charge in [0.2, 0.25) is 0 Å². The summed E-state index contributed by atoms with van der Waals surface area (Å²) in [7, 11) is 0. The first-order valence-corrected chi connectivity index (χ1v) is 7.46. The van der Waals surface area contributed by atoms with Crippen LogP contribution in [0.2, 0.25) is 0 Å². The lowest BCUT2D eigenvalue weighted by molar-refractivity contribution is -0.143. The van der Waals surface area contributed by atoms with Crippen molar-refractivity contribution in [3.63, 3.8) is 0 Å². The fraction of sp³-hybridized carbons (Fsp3) is 0.500. The second kappa shape index (κ2) is 9.81. The van der Waals surface area contributed by atoms with E-state index < -0.39 is 0 Å². The number of benzene rings is 1. The molecule has 0 saturated carbocycles. The Morgan fingerprint density at radius 1 is 1.37 bits per heavy atom. The van der Waals surface area contributed by atoms with E-state index in [0.717, 1.165) is 25.3 Å². The molecule has 1 aromatic rings. The highest BCUT2D eigenvalue weighted by Gasteiger charge is 2.01. The summed E-state index contributed by atoms with van der Waals surface area (Å²) >= 11 is 1.49. The molecule has 0 aliphatic heterocycles. The van der Waals surface area contributed by atoms with Crippen LogP contribution in [-0.4, -0.2) is 31.4 Å². The molecule has 0 unspecified atom stereocenters. The van der Waals surface area contributed by atoms with E-state index in [1.165, 1.54) is 17.8 Å². The first-order valence-electron chi connectivity index (χ1n) is 6.47. The van der Waals surface area contributed by atoms with Gasteiger partial charge in [0.1, 0.15) is 5.82 Å². The van der Waals surface area contributed by atoms with Crippen LogP contribution in [0.5, 0.6) is 0 Å². The third kappa shape index (κ3) is 7.18. The third-order valence-corrected chi connectivity index (χ3v) is 3.46. The maximum absolute atomic E-state index is 13.3. The summed E-state index contributed by atoms with van der Waals surface area (Å²) in [5.74, 6) is 0.486. The van der Waals surface area contributed by atoms with Crippen LogP contribution in [0.4, 0.5) is 4.39 Å². The van der Waals surface area contributed by atoms with Gasteiger partial charge in [-0.05, 0) is 32.0 Å². The Labute approximate surface area is 117 Å². The van der Waals surface area contributed by atoms with Gasteiger partial charge >= 0.3 is 5.97 Å². The summed E-state index contributed by atoms with van der Waals surface area (Å²) in [6.45, 7) is 3.81. The molecular formula is C14H20FNO2S. The van der Waals surface area contributed by atoms with Crippen molar-refractivity contribution in [2.24, 2.45) is 0 Å². The first kappa shape index (κ1) is 16.0. The van der Waals surface area contributed by atoms with Crippen molar-refractivity contribution in [2.75, 3.05) is 25.4 Å². The molecule has 3 nitrogen and oxygen atoms in total. The van der Waals surface area contributed by atoms with Crippen LogP contribution in [0.1, 0.15) is 19.8 Å². The lowest BCUT2D eigenvalue weighted by Gasteiger charge is -2.05. The van der Waals surface area contributed by atoms with Gasteiger partial charge in [-0.2, -0.15) is 0 Å². The number of hydrogen-bond acceptors (Lipinski definition) is 4. The van der Waals surface area contributed by atoms with E-state index in [0.29, 0.717) is 17.9 Å². The molecule has 0 spiro atoms. The number of thioether (sulfide) groups is 1. The molecule has 0 aliphatic carbocycles. The number of halogens is 1. The zero-order valence-electron chi connectivity index (χ0n) is 11.2. The smallest absolute Gasteiger partial charge is 0.305 e. The minimum absolute atomic E-state index is 0.148. The van der Waals surface area contributed by atoms with Gasteiger partial charge in [0.05, 0.1) is 6.61 Å². The molecule has 1 N–H and O–H groups in total. The number of hydrogen-bond donors (Lipinski definition) is 1. The third-order valence-electron chi connectivity index (χ3n) is 2.41. The van der Waals surface area contributed by atoms with Gasteiger partial charge in [-0.25, -0.2) is 4.39 Å². The Bertz CT molecular complexity index is 387. The van der Waals surface area contributed by atoms with Gasteiger partial charge in [0.15, 0.2) is 0 Å². The second-order valence-electron chi connectivity index (χ2n) is 3.94. The minimum Gasteiger partial charge on any atom is -0.466 e. The Balaban J connectivity index is 2.00. The fourth-order valence-electron chi connectivity index (χ4n) is 1.51. The predicted molar refractivity (Wildman–Crippen MR) is 75.9 cm³/mol. The largest absolute Gasteiger partial charge is 0.466 e. The van der Waals surface area contributed by atoms with Crippen LogP contribution < -0.4 is 5.32 Å². The van der Waals surface area contributed by atoms with Crippen molar-refractivity contribution in [3.05, 3.63) is 30.1 Å². The van der Waals surface area contributed by atoms with Gasteiger partial charge < -0.3 is 10.1 Å². The van der Waals surface area contributed by atoms with Crippen molar-refractivity contribution in [1.82, 2.24) is 5.32 Å². The second-order valence-corrected chi connectivity index (χ2v) is 5.07. The van der Waals surface area contributed by atoms with E-state index in [9.17, 15) is 9.18 Å². The highest BCUT2D eigenvalue weighted by molar-refractivity contribution is 7.99. The number of carbonyl (C=O) groups excluding carboxylic acids is 1. The van der Waals surface area contributed by atoms with Gasteiger partial charge in [-0.15, -0.1) is 11.8 Å². The number of ether oxygens (including phenoxy) is 1. The topological polar surface area (TPSA) is 38.3 Å². The van der Waals surface area contributed by atoms with E-state index in [1.54, 1.807) is 19.1 Å². The van der Waals surface area contributed by atoms with Gasteiger partial charge in [0, 0.05) is 23.6 Å². The Morgan fingerprint density at radius 3 is 2.89 bits per heavy atom. The first-order chi connectivity index (χ1) is 9.24. The molecule has 0 radical (unpaired) electrons. The summed E-state index contributed by atoms with van der Waals surface area (Å²) in [5.41, 5.74) is 0. The maximum Gasteiger partial charge on any atom is 0.305 e. The summed E-state index contributed by atoms with van der Waals surface area (Å²) in [6.07, 6.45) is 1.21. The molecular weight excluding hydrogens is 265 g/mol. The summed E-state index contributed by atoms with van der Waals surface area (Å²) in [4.78, 5) is 11.7. The molecule has 0 aromatic heterocycles. The zero-order chi connectivity index (χ0) is 13.9. The Hall–Kier alpha value is -1.07. The lowest BCUT2D eigenvalue weighted by Crippen LogP contribution is -2.19. The van der Waals surface area contributed by atoms with Crippen molar-refractivity contribution in [2.45, 2.75) is 24.7 Å². The quantitative estimate of drug-likeness (QED) is 0.430. The summed E-state index contributed by atoms with van der Waals surface area (Å²) in [6, 6.07) is 6.76. The van der Waals surface area contributed by atoms with Crippen LogP contribution in [0.25, 0.3) is 0 Å². The van der Waals surface area contributed by atoms with Crippen molar-refractivity contribution in [3.8, 4) is 0 Å². The van der Waals surface area contributed by atoms with Crippen molar-refractivity contribution < 1.29 is 13.9 Å². The van der Waals surface area contributed by atoms with Crippen LogP contribution in [0.15, 0.2) is 29.2 Å². The monoisotopic (exact) mass is 285 g/mol. The van der Waals surface area contributed by atoms with Crippen molar-refractivity contribution in [1.29, 1.82) is 0 Å². The maximum atomic E-state index is 13.3. The molecule has 1 aromatic carbocycles. The highest BCUT2D eigenvalue weighted by Crippen LogP contribution is 2.20. The summed E-state index contributed by atoms with van der Waals surface area (Å²) < 4.78 is 18.1. The average molecular weight is 285 g/mol. The molecule has 0 heterocycles. The van der Waals surface area contributed by atoms with Gasteiger partial charge in [0.25, 0.3) is 0 Å². The van der Waals surface area contributed by atoms with Crippen LogP contribution in [-0.2, 0) is 9.53 Å². The van der Waals surface area contributed by atoms with Gasteiger partial charge in [-0.1, -0.05) is 12.1 Å². The van der Waals surface area contributed by atoms with E-state index in [-0.39, 0.29) is 11.8 Å². The number of esters is 1. The van der Waals surface area contributed by atoms with E-state index in [1.807, 2.05) is 6.07 Å². The molecule has 1 rings (SSSR count). The van der Waals surface area contributed by atoms with Crippen LogP contribution in [0.3, 0.4) is 0 Å². The SMILES string of the molecule is CCOC(=O)CCCNCCSc1ccccc1F. The number of carbonyl (C=O) groups is 1. The normalized spacial score (nSPS) is 10.4. The standard InChI is InChI=1S/C14H20FNO2S/c1-2-18-14(17)8-5-9-16-10-11-19-13-7-4-3-6-12(13)15/h3-4,6-7,16H,2,5,8-11H2,1H3. The van der Waals surface area contributed by atoms with E-state index >= 15 is 0 Å². The summed E-state index contributed by atoms with van der Waals surface area (Å²) in [5, 5.41) is 3.22. The lowest BCUT2D eigenvalue weighted by atomic mass is 10.3. The molecule has 0 saturated heterocycles. The molecule has 0 aliphatic rings. The molecule has 0 fully saturated rings. The Kier molecular flexibility index (Phi) is 8.25. The van der Waals surface area contributed by atoms with E-state index in [2.05, 4.69) is 5.32 Å². The van der Waals surface area contributed by atoms with Gasteiger partial charge in [-0.3, -0.25) is 4.79 Å². The molecule has 5 heteroatoms. The minimum atomic E-state index is -0.171. The molecule has 0 atom stereocenters. The Morgan fingerprint density at radius 2 is 2.16 bits per heavy atom. The van der Waals surface area contributed by atoms with Crippen LogP contribution in [0, 0.1) is 5.82 Å². The highest BCUT2D eigenvalue weighted by atomic mass is 32.2. The molecule has 0 bridgehead atoms. The average Bonchev–Trinajstić information content (AvgIpc) is 2.40. The number of nitrogens with one attached hydrogen (secondary N) is 1. The van der Waals surface area contributed by atoms with Crippen LogP contribution >= 0.6 is 11.8 Å². The van der Waals surface area contributed by atoms with Crippen molar-refractivity contribution >= 4 is 17.7 Å². The van der Waals surface area contributed by atoms with E-state index in [4.69, 9.17) is 4.74 Å². The predicted octanol–water partition coefficient (Wildman–Crippen LogP) is 2.85. The molecule has 19 heavy (non-hydrogen) atoms. The fourth-order valence-corrected chi connectivity index (χ4v) is 2.36. The zero-order valence-corrected chi connectivity index (χ0v) is 12.0. The molecule has 106 valence electrons. The molecule has 0 amide bonds. The number of rotatable bonds is 9.